The molecule has 148 valence electrons. The molecule has 0 atom stereocenters. The lowest BCUT2D eigenvalue weighted by molar-refractivity contribution is -0.385. The summed E-state index contributed by atoms with van der Waals surface area (Å²) in [6, 6.07) is 17.3. The summed E-state index contributed by atoms with van der Waals surface area (Å²) in [6.07, 6.45) is 0. The van der Waals surface area contributed by atoms with Crippen LogP contribution in [0.2, 0.25) is 0 Å². The maximum absolute atomic E-state index is 12.1. The maximum Gasteiger partial charge on any atom is 0.310 e. The highest BCUT2D eigenvalue weighted by Gasteiger charge is 2.15. The van der Waals surface area contributed by atoms with Crippen LogP contribution in [0.4, 0.5) is 5.69 Å². The Morgan fingerprint density at radius 2 is 1.72 bits per heavy atom. The number of nitrogens with one attached hydrogen (secondary N) is 1. The van der Waals surface area contributed by atoms with Gasteiger partial charge in [-0.3, -0.25) is 14.9 Å². The van der Waals surface area contributed by atoms with Crippen molar-refractivity contribution in [2.45, 2.75) is 6.92 Å². The van der Waals surface area contributed by atoms with Gasteiger partial charge in [0.05, 0.1) is 17.7 Å². The highest BCUT2D eigenvalue weighted by atomic mass is 16.6. The molecule has 3 aromatic carbocycles. The molecule has 1 amide bonds. The van der Waals surface area contributed by atoms with E-state index < -0.39 is 17.4 Å². The molecule has 29 heavy (non-hydrogen) atoms. The number of rotatable bonds is 7. The third-order valence-electron chi connectivity index (χ3n) is 4.26. The standard InChI is InChI=1S/C21H19N3O5/c1-14(15-11-12-19(28-2)17-8-4-3-7-16(15)17)22-23-21(25)13-29-20-10-6-5-9-18(20)24(26)27/h3-12H,13H2,1-2H3,(H,23,25)/b22-14-. The number of hydrogen-bond donors (Lipinski definition) is 1. The lowest BCUT2D eigenvalue weighted by Crippen LogP contribution is -2.25. The molecule has 0 saturated carbocycles. The van der Waals surface area contributed by atoms with Gasteiger partial charge in [-0.05, 0) is 30.5 Å². The number of ether oxygens (including phenoxy) is 2. The van der Waals surface area contributed by atoms with Crippen molar-refractivity contribution in [3.63, 3.8) is 0 Å². The molecule has 0 fully saturated rings. The second-order valence-corrected chi connectivity index (χ2v) is 6.11. The van der Waals surface area contributed by atoms with E-state index in [-0.39, 0.29) is 11.4 Å². The van der Waals surface area contributed by atoms with Gasteiger partial charge in [-0.2, -0.15) is 5.10 Å². The minimum atomic E-state index is -0.565. The second-order valence-electron chi connectivity index (χ2n) is 6.11. The number of benzene rings is 3. The molecule has 0 heterocycles. The number of carbonyl (C=O) groups excluding carboxylic acids is 1. The summed E-state index contributed by atoms with van der Waals surface area (Å²) in [6.45, 7) is 1.38. The zero-order valence-corrected chi connectivity index (χ0v) is 15.9. The molecule has 0 aliphatic rings. The number of fused-ring (bicyclic) bond motifs is 1. The summed E-state index contributed by atoms with van der Waals surface area (Å²) >= 11 is 0. The van der Waals surface area contributed by atoms with Gasteiger partial charge >= 0.3 is 5.69 Å². The lowest BCUT2D eigenvalue weighted by atomic mass is 10.0. The number of hydrogen-bond acceptors (Lipinski definition) is 6. The van der Waals surface area contributed by atoms with Crippen molar-refractivity contribution in [1.29, 1.82) is 0 Å². The molecule has 0 bridgehead atoms. The van der Waals surface area contributed by atoms with Crippen molar-refractivity contribution in [1.82, 2.24) is 5.43 Å². The topological polar surface area (TPSA) is 103 Å². The Kier molecular flexibility index (Phi) is 6.03. The van der Waals surface area contributed by atoms with Crippen LogP contribution in [0.1, 0.15) is 12.5 Å². The van der Waals surface area contributed by atoms with Crippen molar-refractivity contribution in [3.8, 4) is 11.5 Å². The van der Waals surface area contributed by atoms with Gasteiger partial charge < -0.3 is 9.47 Å². The zero-order valence-electron chi connectivity index (χ0n) is 15.9. The third kappa shape index (κ3) is 4.49. The van der Waals surface area contributed by atoms with Gasteiger partial charge in [0, 0.05) is 17.0 Å². The Bertz CT molecular complexity index is 1090. The SMILES string of the molecule is COc1ccc(/C(C)=N\NC(=O)COc2ccccc2[N+](=O)[O-])c2ccccc12. The number of nitrogens with zero attached hydrogens (tertiary/aromatic N) is 2. The van der Waals surface area contributed by atoms with E-state index in [4.69, 9.17) is 9.47 Å². The first-order valence-electron chi connectivity index (χ1n) is 8.76. The van der Waals surface area contributed by atoms with Crippen molar-refractivity contribution in [2.24, 2.45) is 5.10 Å². The fourth-order valence-corrected chi connectivity index (χ4v) is 2.88. The summed E-state index contributed by atoms with van der Waals surface area (Å²) in [5.41, 5.74) is 3.66. The quantitative estimate of drug-likeness (QED) is 0.375. The molecule has 3 aromatic rings. The second kappa shape index (κ2) is 8.83. The van der Waals surface area contributed by atoms with Gasteiger partial charge in [-0.25, -0.2) is 5.43 Å². The fraction of sp³-hybridized carbons (Fsp3) is 0.143. The lowest BCUT2D eigenvalue weighted by Gasteiger charge is -2.10. The van der Waals surface area contributed by atoms with E-state index in [0.29, 0.717) is 5.71 Å². The smallest absolute Gasteiger partial charge is 0.310 e. The molecular formula is C21H19N3O5. The molecular weight excluding hydrogens is 374 g/mol. The van der Waals surface area contributed by atoms with Crippen LogP contribution in [0.3, 0.4) is 0 Å². The summed E-state index contributed by atoms with van der Waals surface area (Å²) in [5.74, 6) is 0.244. The van der Waals surface area contributed by atoms with E-state index in [2.05, 4.69) is 10.5 Å². The maximum atomic E-state index is 12.1. The zero-order chi connectivity index (χ0) is 20.8. The number of para-hydroxylation sites is 2. The number of nitro benzene ring substituents is 1. The molecule has 0 aromatic heterocycles. The minimum Gasteiger partial charge on any atom is -0.496 e. The van der Waals surface area contributed by atoms with Crippen LogP contribution in [0.15, 0.2) is 65.8 Å². The largest absolute Gasteiger partial charge is 0.496 e. The fourth-order valence-electron chi connectivity index (χ4n) is 2.88. The van der Waals surface area contributed by atoms with Crippen molar-refractivity contribution >= 4 is 28.1 Å². The molecule has 0 radical (unpaired) electrons. The summed E-state index contributed by atoms with van der Waals surface area (Å²) in [5, 5.41) is 17.0. The van der Waals surface area contributed by atoms with E-state index in [1.807, 2.05) is 36.4 Å². The van der Waals surface area contributed by atoms with E-state index in [0.717, 1.165) is 22.1 Å². The Balaban J connectivity index is 1.71. The predicted molar refractivity (Wildman–Crippen MR) is 109 cm³/mol. The first-order valence-corrected chi connectivity index (χ1v) is 8.76. The van der Waals surface area contributed by atoms with Gasteiger partial charge in [-0.15, -0.1) is 0 Å². The highest BCUT2D eigenvalue weighted by molar-refractivity contribution is 6.11. The number of nitro groups is 1. The molecule has 8 nitrogen and oxygen atoms in total. The summed E-state index contributed by atoms with van der Waals surface area (Å²) in [7, 11) is 1.61. The first-order chi connectivity index (χ1) is 14.0. The summed E-state index contributed by atoms with van der Waals surface area (Å²) < 4.78 is 10.6. The van der Waals surface area contributed by atoms with Crippen molar-refractivity contribution < 1.29 is 19.2 Å². The van der Waals surface area contributed by atoms with Crippen LogP contribution in [0.25, 0.3) is 10.8 Å². The van der Waals surface area contributed by atoms with E-state index in [1.54, 1.807) is 20.1 Å². The number of hydrazone groups is 1. The molecule has 1 N–H and O–H groups in total. The normalized spacial score (nSPS) is 11.2. The Morgan fingerprint density at radius 1 is 1.03 bits per heavy atom. The Labute approximate surface area is 166 Å². The minimum absolute atomic E-state index is 0.0227. The molecule has 0 saturated heterocycles. The van der Waals surface area contributed by atoms with Crippen molar-refractivity contribution in [3.05, 3.63) is 76.3 Å². The summed E-state index contributed by atoms with van der Waals surface area (Å²) in [4.78, 5) is 22.5. The van der Waals surface area contributed by atoms with Crippen molar-refractivity contribution in [2.75, 3.05) is 13.7 Å². The van der Waals surface area contributed by atoms with Gasteiger partial charge in [0.2, 0.25) is 0 Å². The Morgan fingerprint density at radius 3 is 2.45 bits per heavy atom. The van der Waals surface area contributed by atoms with E-state index in [1.165, 1.54) is 18.2 Å². The number of methoxy groups -OCH3 is 1. The van der Waals surface area contributed by atoms with E-state index in [9.17, 15) is 14.9 Å². The highest BCUT2D eigenvalue weighted by Crippen LogP contribution is 2.28. The van der Waals surface area contributed by atoms with Gasteiger partial charge in [0.1, 0.15) is 5.75 Å². The molecule has 8 heteroatoms. The average Bonchev–Trinajstić information content (AvgIpc) is 2.75. The molecule has 0 spiro atoms. The van der Waals surface area contributed by atoms with Crippen LogP contribution in [-0.4, -0.2) is 30.3 Å². The monoisotopic (exact) mass is 393 g/mol. The number of carbonyl (C=O) groups is 1. The van der Waals surface area contributed by atoms with Crippen LogP contribution in [0, 0.1) is 10.1 Å². The molecule has 0 aliphatic carbocycles. The molecule has 0 unspecified atom stereocenters. The predicted octanol–water partition coefficient (Wildman–Crippen LogP) is 3.68. The van der Waals surface area contributed by atoms with Crippen LogP contribution in [0.5, 0.6) is 11.5 Å². The van der Waals surface area contributed by atoms with Crippen LogP contribution >= 0.6 is 0 Å². The molecule has 3 rings (SSSR count). The van der Waals surface area contributed by atoms with Crippen LogP contribution < -0.4 is 14.9 Å². The third-order valence-corrected chi connectivity index (χ3v) is 4.26. The van der Waals surface area contributed by atoms with Gasteiger partial charge in [-0.1, -0.05) is 36.4 Å². The van der Waals surface area contributed by atoms with E-state index >= 15 is 0 Å². The molecule has 0 aliphatic heterocycles. The first kappa shape index (κ1) is 19.8. The van der Waals surface area contributed by atoms with Gasteiger partial charge in [0.25, 0.3) is 5.91 Å². The average molecular weight is 393 g/mol. The van der Waals surface area contributed by atoms with Crippen LogP contribution in [-0.2, 0) is 4.79 Å². The number of amides is 1. The Hall–Kier alpha value is -3.94. The van der Waals surface area contributed by atoms with Gasteiger partial charge in [0.15, 0.2) is 12.4 Å².